The van der Waals surface area contributed by atoms with E-state index in [0.717, 1.165) is 10.2 Å². The zero-order valence-electron chi connectivity index (χ0n) is 13.5. The van der Waals surface area contributed by atoms with Gasteiger partial charge in [0.25, 0.3) is 11.1 Å². The first-order valence-corrected chi connectivity index (χ1v) is 8.04. The lowest BCUT2D eigenvalue weighted by atomic mass is 10.2. The molecule has 1 heterocycles. The molecule has 0 radical (unpaired) electrons. The molecule has 0 aliphatic heterocycles. The highest BCUT2D eigenvalue weighted by molar-refractivity contribution is 6.30. The molecule has 7 heteroatoms. The second-order valence-corrected chi connectivity index (χ2v) is 6.19. The lowest BCUT2D eigenvalue weighted by Gasteiger charge is -2.18. The maximum Gasteiger partial charge on any atom is 0.273 e. The summed E-state index contributed by atoms with van der Waals surface area (Å²) in [6.45, 7) is 0.113. The summed E-state index contributed by atoms with van der Waals surface area (Å²) in [5.74, 6) is -0.298. The lowest BCUT2D eigenvalue weighted by molar-refractivity contribution is -0.131. The first-order valence-electron chi connectivity index (χ1n) is 7.66. The second kappa shape index (κ2) is 6.94. The molecule has 25 heavy (non-hydrogen) atoms. The van der Waals surface area contributed by atoms with E-state index in [0.29, 0.717) is 17.0 Å². The molecule has 1 aromatic heterocycles. The number of likely N-dealkylation sites (N-methyl/N-ethyl adjacent to an activating group) is 1. The summed E-state index contributed by atoms with van der Waals surface area (Å²) >= 11 is 5.94. The van der Waals surface area contributed by atoms with Crippen LogP contribution in [-0.4, -0.2) is 27.6 Å². The van der Waals surface area contributed by atoms with Gasteiger partial charge in [-0.3, -0.25) is 19.5 Å². The number of carbonyl (C=O) groups is 1. The van der Waals surface area contributed by atoms with Gasteiger partial charge in [0.15, 0.2) is 0 Å². The highest BCUT2D eigenvalue weighted by atomic mass is 35.5. The third-order valence-electron chi connectivity index (χ3n) is 3.91. The average molecular weight is 358 g/mol. The van der Waals surface area contributed by atoms with Gasteiger partial charge in [-0.1, -0.05) is 35.9 Å². The van der Waals surface area contributed by atoms with Crippen LogP contribution in [0.4, 0.5) is 0 Å². The van der Waals surface area contributed by atoms with E-state index in [1.54, 1.807) is 49.5 Å². The summed E-state index contributed by atoms with van der Waals surface area (Å²) in [5.41, 5.74) is 0.0721. The maximum absolute atomic E-state index is 12.4. The average Bonchev–Trinajstić information content (AvgIpc) is 2.59. The molecule has 1 amide bonds. The van der Waals surface area contributed by atoms with E-state index in [1.165, 1.54) is 4.90 Å². The monoisotopic (exact) mass is 357 g/mol. The smallest absolute Gasteiger partial charge is 0.273 e. The first kappa shape index (κ1) is 17.0. The number of fused-ring (bicyclic) bond motifs is 1. The fraction of sp³-hybridized carbons (Fsp3) is 0.167. The molecule has 0 spiro atoms. The fourth-order valence-electron chi connectivity index (χ4n) is 2.61. The van der Waals surface area contributed by atoms with Crippen molar-refractivity contribution in [3.8, 4) is 0 Å². The van der Waals surface area contributed by atoms with Gasteiger partial charge in [0.2, 0.25) is 5.91 Å². The normalized spacial score (nSPS) is 10.8. The summed E-state index contributed by atoms with van der Waals surface area (Å²) in [4.78, 5) is 38.4. The van der Waals surface area contributed by atoms with Gasteiger partial charge in [-0.2, -0.15) is 0 Å². The maximum atomic E-state index is 12.4. The molecule has 0 atom stereocenters. The van der Waals surface area contributed by atoms with Gasteiger partial charge in [-0.25, -0.2) is 4.68 Å². The predicted molar refractivity (Wildman–Crippen MR) is 96.8 cm³/mol. The van der Waals surface area contributed by atoms with Crippen molar-refractivity contribution in [2.75, 3.05) is 7.05 Å². The summed E-state index contributed by atoms with van der Waals surface area (Å²) < 4.78 is 1.04. The third kappa shape index (κ3) is 3.64. The topological polar surface area (TPSA) is 75.2 Å². The molecule has 0 saturated carbocycles. The second-order valence-electron chi connectivity index (χ2n) is 5.76. The molecule has 0 aliphatic carbocycles. The van der Waals surface area contributed by atoms with E-state index >= 15 is 0 Å². The predicted octanol–water partition coefficient (Wildman–Crippen LogP) is 2.00. The molecule has 6 nitrogen and oxygen atoms in total. The molecule has 2 aromatic carbocycles. The number of halogens is 1. The summed E-state index contributed by atoms with van der Waals surface area (Å²) in [6, 6.07) is 13.7. The SMILES string of the molecule is CN(Cc1cccc(Cl)c1)C(=O)Cn1[nH]c(=O)c2ccccc2c1=O. The van der Waals surface area contributed by atoms with Crippen LogP contribution in [0.2, 0.25) is 5.02 Å². The van der Waals surface area contributed by atoms with Crippen LogP contribution in [0.5, 0.6) is 0 Å². The number of rotatable bonds is 4. The standard InChI is InChI=1S/C18H16ClN3O3/c1-21(10-12-5-4-6-13(19)9-12)16(23)11-22-18(25)15-8-3-2-7-14(15)17(24)20-22/h2-9H,10-11H2,1H3,(H,20,24). The van der Waals surface area contributed by atoms with Crippen LogP contribution >= 0.6 is 11.6 Å². The van der Waals surface area contributed by atoms with E-state index in [-0.39, 0.29) is 17.8 Å². The first-order chi connectivity index (χ1) is 12.0. The molecule has 128 valence electrons. The largest absolute Gasteiger partial charge is 0.340 e. The Balaban J connectivity index is 1.83. The molecule has 0 aliphatic rings. The zero-order chi connectivity index (χ0) is 18.0. The van der Waals surface area contributed by atoms with Crippen LogP contribution < -0.4 is 11.1 Å². The Morgan fingerprint density at radius 1 is 1.12 bits per heavy atom. The number of benzene rings is 2. The number of aromatic amines is 1. The van der Waals surface area contributed by atoms with Crippen LogP contribution in [-0.2, 0) is 17.9 Å². The van der Waals surface area contributed by atoms with E-state index in [9.17, 15) is 14.4 Å². The van der Waals surface area contributed by atoms with Crippen LogP contribution in [0.1, 0.15) is 5.56 Å². The van der Waals surface area contributed by atoms with Crippen LogP contribution in [0, 0.1) is 0 Å². The Bertz CT molecular complexity index is 1060. The van der Waals surface area contributed by atoms with Crippen LogP contribution in [0.25, 0.3) is 10.8 Å². The van der Waals surface area contributed by atoms with Gasteiger partial charge in [0, 0.05) is 18.6 Å². The van der Waals surface area contributed by atoms with Gasteiger partial charge in [-0.15, -0.1) is 0 Å². The third-order valence-corrected chi connectivity index (χ3v) is 4.15. The molecular formula is C18H16ClN3O3. The molecule has 3 aromatic rings. The summed E-state index contributed by atoms with van der Waals surface area (Å²) in [6.07, 6.45) is 0. The fourth-order valence-corrected chi connectivity index (χ4v) is 2.82. The molecular weight excluding hydrogens is 342 g/mol. The molecule has 0 unspecified atom stereocenters. The van der Waals surface area contributed by atoms with E-state index in [2.05, 4.69) is 5.10 Å². The molecule has 3 rings (SSSR count). The quantitative estimate of drug-likeness (QED) is 0.776. The minimum absolute atomic E-state index is 0.240. The van der Waals surface area contributed by atoms with E-state index in [4.69, 9.17) is 11.6 Å². The number of hydrogen-bond acceptors (Lipinski definition) is 3. The van der Waals surface area contributed by atoms with E-state index in [1.807, 2.05) is 6.07 Å². The van der Waals surface area contributed by atoms with E-state index < -0.39 is 11.1 Å². The number of hydrogen-bond donors (Lipinski definition) is 1. The number of H-pyrrole nitrogens is 1. The molecule has 0 bridgehead atoms. The van der Waals surface area contributed by atoms with Crippen molar-refractivity contribution in [2.45, 2.75) is 13.1 Å². The van der Waals surface area contributed by atoms with Crippen molar-refractivity contribution in [3.05, 3.63) is 79.8 Å². The van der Waals surface area contributed by atoms with Crippen molar-refractivity contribution in [1.82, 2.24) is 14.7 Å². The van der Waals surface area contributed by atoms with Gasteiger partial charge in [0.05, 0.1) is 10.8 Å². The minimum atomic E-state index is -0.403. The molecule has 0 fully saturated rings. The Morgan fingerprint density at radius 2 is 1.84 bits per heavy atom. The minimum Gasteiger partial charge on any atom is -0.340 e. The van der Waals surface area contributed by atoms with Crippen molar-refractivity contribution in [1.29, 1.82) is 0 Å². The van der Waals surface area contributed by atoms with Crippen molar-refractivity contribution in [3.63, 3.8) is 0 Å². The zero-order valence-corrected chi connectivity index (χ0v) is 14.3. The van der Waals surface area contributed by atoms with Crippen molar-refractivity contribution >= 4 is 28.3 Å². The summed E-state index contributed by atoms with van der Waals surface area (Å²) in [7, 11) is 1.63. The highest BCUT2D eigenvalue weighted by Gasteiger charge is 2.14. The number of amides is 1. The van der Waals surface area contributed by atoms with Crippen LogP contribution in [0.15, 0.2) is 58.1 Å². The van der Waals surface area contributed by atoms with Gasteiger partial charge < -0.3 is 4.90 Å². The number of carbonyl (C=O) groups excluding carboxylic acids is 1. The van der Waals surface area contributed by atoms with Crippen molar-refractivity contribution < 1.29 is 4.79 Å². The summed E-state index contributed by atoms with van der Waals surface area (Å²) in [5, 5.41) is 3.65. The Hall–Kier alpha value is -2.86. The van der Waals surface area contributed by atoms with Crippen molar-refractivity contribution in [2.24, 2.45) is 0 Å². The van der Waals surface area contributed by atoms with Gasteiger partial charge in [-0.05, 0) is 29.8 Å². The Morgan fingerprint density at radius 3 is 2.56 bits per heavy atom. The van der Waals surface area contributed by atoms with Gasteiger partial charge in [0.1, 0.15) is 6.54 Å². The lowest BCUT2D eigenvalue weighted by Crippen LogP contribution is -2.37. The Kier molecular flexibility index (Phi) is 4.72. The molecule has 0 saturated heterocycles. The number of nitrogens with one attached hydrogen (secondary N) is 1. The van der Waals surface area contributed by atoms with Gasteiger partial charge >= 0.3 is 0 Å². The number of nitrogens with zero attached hydrogens (tertiary/aromatic N) is 2. The number of aromatic nitrogens is 2. The highest BCUT2D eigenvalue weighted by Crippen LogP contribution is 2.12. The molecule has 1 N–H and O–H groups in total. The van der Waals surface area contributed by atoms with Crippen LogP contribution in [0.3, 0.4) is 0 Å². The Labute approximate surface area is 148 Å².